The first-order chi connectivity index (χ1) is 12.1. The number of ether oxygens (including phenoxy) is 1. The molecule has 25 heavy (non-hydrogen) atoms. The zero-order chi connectivity index (χ0) is 17.8. The van der Waals surface area contributed by atoms with Crippen molar-refractivity contribution >= 4 is 22.6 Å². The number of esters is 1. The predicted octanol–water partition coefficient (Wildman–Crippen LogP) is 2.16. The molecule has 0 aliphatic carbocycles. The van der Waals surface area contributed by atoms with Crippen LogP contribution >= 0.6 is 0 Å². The molecule has 8 heteroatoms. The van der Waals surface area contributed by atoms with Crippen molar-refractivity contribution in [3.05, 3.63) is 80.9 Å². The third kappa shape index (κ3) is 3.52. The molecule has 0 amide bonds. The van der Waals surface area contributed by atoms with Gasteiger partial charge in [-0.3, -0.25) is 19.5 Å². The second kappa shape index (κ2) is 6.91. The average Bonchev–Trinajstić information content (AvgIpc) is 2.64. The standard InChI is InChI=1S/C17H13N3O5/c21-16-14-6-1-2-7-15(14)18-11-19(16)8-9-25-17(22)12-4-3-5-13(10-12)20(23)24/h1-7,10-11H,8-9H2. The number of fused-ring (bicyclic) bond motifs is 1. The molecule has 1 aromatic heterocycles. The highest BCUT2D eigenvalue weighted by Gasteiger charge is 2.12. The molecule has 0 radical (unpaired) electrons. The summed E-state index contributed by atoms with van der Waals surface area (Å²) in [4.78, 5) is 38.6. The lowest BCUT2D eigenvalue weighted by Gasteiger charge is -2.08. The third-order valence-corrected chi connectivity index (χ3v) is 3.59. The van der Waals surface area contributed by atoms with E-state index in [1.165, 1.54) is 29.1 Å². The van der Waals surface area contributed by atoms with E-state index in [9.17, 15) is 19.7 Å². The fraction of sp³-hybridized carbons (Fsp3) is 0.118. The Kier molecular flexibility index (Phi) is 4.51. The molecule has 2 aromatic carbocycles. The maximum Gasteiger partial charge on any atom is 0.338 e. The predicted molar refractivity (Wildman–Crippen MR) is 89.4 cm³/mol. The Morgan fingerprint density at radius 1 is 1.20 bits per heavy atom. The van der Waals surface area contributed by atoms with Crippen molar-refractivity contribution in [3.8, 4) is 0 Å². The number of nitro benzene ring substituents is 1. The van der Waals surface area contributed by atoms with Crippen molar-refractivity contribution in [3.63, 3.8) is 0 Å². The van der Waals surface area contributed by atoms with E-state index in [1.807, 2.05) is 0 Å². The van der Waals surface area contributed by atoms with Crippen molar-refractivity contribution in [1.82, 2.24) is 9.55 Å². The molecule has 8 nitrogen and oxygen atoms in total. The van der Waals surface area contributed by atoms with Crippen molar-refractivity contribution in [2.75, 3.05) is 6.61 Å². The molecule has 0 aliphatic heterocycles. The summed E-state index contributed by atoms with van der Waals surface area (Å²) < 4.78 is 6.44. The van der Waals surface area contributed by atoms with E-state index in [1.54, 1.807) is 24.3 Å². The van der Waals surface area contributed by atoms with Crippen LogP contribution in [-0.2, 0) is 11.3 Å². The number of nitro groups is 1. The lowest BCUT2D eigenvalue weighted by Crippen LogP contribution is -2.23. The topological polar surface area (TPSA) is 104 Å². The summed E-state index contributed by atoms with van der Waals surface area (Å²) in [6.45, 7) is 0.0821. The van der Waals surface area contributed by atoms with Gasteiger partial charge in [0, 0.05) is 12.1 Å². The minimum absolute atomic E-state index is 0.0541. The van der Waals surface area contributed by atoms with Crippen LogP contribution in [0.2, 0.25) is 0 Å². The number of benzene rings is 2. The molecule has 0 fully saturated rings. The van der Waals surface area contributed by atoms with Crippen molar-refractivity contribution < 1.29 is 14.5 Å². The first-order valence-electron chi connectivity index (χ1n) is 7.42. The largest absolute Gasteiger partial charge is 0.460 e. The van der Waals surface area contributed by atoms with Gasteiger partial charge < -0.3 is 4.74 Å². The minimum Gasteiger partial charge on any atom is -0.460 e. The van der Waals surface area contributed by atoms with Crippen molar-refractivity contribution in [1.29, 1.82) is 0 Å². The molecular formula is C17H13N3O5. The Morgan fingerprint density at radius 3 is 2.80 bits per heavy atom. The van der Waals surface area contributed by atoms with Crippen LogP contribution in [0.1, 0.15) is 10.4 Å². The molecule has 3 rings (SSSR count). The SMILES string of the molecule is O=C(OCCn1cnc2ccccc2c1=O)c1cccc([N+](=O)[O-])c1. The Labute approximate surface area is 141 Å². The van der Waals surface area contributed by atoms with Crippen LogP contribution in [-0.4, -0.2) is 27.1 Å². The average molecular weight is 339 g/mol. The highest BCUT2D eigenvalue weighted by Crippen LogP contribution is 2.13. The zero-order valence-electron chi connectivity index (χ0n) is 13.0. The van der Waals surface area contributed by atoms with E-state index in [4.69, 9.17) is 4.74 Å². The summed E-state index contributed by atoms with van der Waals surface area (Å²) in [5.74, 6) is -0.689. The van der Waals surface area contributed by atoms with Crippen molar-refractivity contribution in [2.24, 2.45) is 0 Å². The summed E-state index contributed by atoms with van der Waals surface area (Å²) in [7, 11) is 0. The van der Waals surface area contributed by atoms with Gasteiger partial charge in [0.25, 0.3) is 11.2 Å². The molecule has 3 aromatic rings. The van der Waals surface area contributed by atoms with Gasteiger partial charge in [-0.05, 0) is 18.2 Å². The fourth-order valence-corrected chi connectivity index (χ4v) is 2.33. The van der Waals surface area contributed by atoms with Gasteiger partial charge in [0.15, 0.2) is 0 Å². The lowest BCUT2D eigenvalue weighted by atomic mass is 10.2. The van der Waals surface area contributed by atoms with Crippen LogP contribution in [0.15, 0.2) is 59.7 Å². The van der Waals surface area contributed by atoms with Gasteiger partial charge in [0.1, 0.15) is 6.61 Å². The summed E-state index contributed by atoms with van der Waals surface area (Å²) in [6.07, 6.45) is 1.39. The van der Waals surface area contributed by atoms with E-state index >= 15 is 0 Å². The van der Waals surface area contributed by atoms with Gasteiger partial charge in [-0.1, -0.05) is 18.2 Å². The molecule has 0 N–H and O–H groups in total. The van der Waals surface area contributed by atoms with Crippen molar-refractivity contribution in [2.45, 2.75) is 6.54 Å². The molecule has 126 valence electrons. The number of aromatic nitrogens is 2. The molecule has 0 saturated heterocycles. The maximum atomic E-state index is 12.3. The first kappa shape index (κ1) is 16.3. The number of carbonyl (C=O) groups is 1. The number of nitrogens with zero attached hydrogens (tertiary/aromatic N) is 3. The van der Waals surface area contributed by atoms with E-state index < -0.39 is 10.9 Å². The number of carbonyl (C=O) groups excluding carboxylic acids is 1. The normalized spacial score (nSPS) is 10.6. The molecule has 0 spiro atoms. The van der Waals surface area contributed by atoms with E-state index in [0.717, 1.165) is 6.07 Å². The van der Waals surface area contributed by atoms with Gasteiger partial charge in [0.05, 0.1) is 34.3 Å². The Hall–Kier alpha value is -3.55. The van der Waals surface area contributed by atoms with Gasteiger partial charge in [-0.15, -0.1) is 0 Å². The second-order valence-electron chi connectivity index (χ2n) is 5.20. The Balaban J connectivity index is 1.68. The maximum absolute atomic E-state index is 12.3. The molecule has 0 unspecified atom stereocenters. The van der Waals surface area contributed by atoms with E-state index in [0.29, 0.717) is 10.9 Å². The quantitative estimate of drug-likeness (QED) is 0.401. The van der Waals surface area contributed by atoms with Crippen LogP contribution in [0.4, 0.5) is 5.69 Å². The van der Waals surface area contributed by atoms with Gasteiger partial charge in [-0.25, -0.2) is 9.78 Å². The van der Waals surface area contributed by atoms with Crippen LogP contribution in [0, 0.1) is 10.1 Å². The van der Waals surface area contributed by atoms with Crippen LogP contribution in [0.3, 0.4) is 0 Å². The van der Waals surface area contributed by atoms with Gasteiger partial charge in [0.2, 0.25) is 0 Å². The first-order valence-corrected chi connectivity index (χ1v) is 7.42. The minimum atomic E-state index is -0.689. The molecule has 0 saturated carbocycles. The summed E-state index contributed by atoms with van der Waals surface area (Å²) in [5.41, 5.74) is 0.261. The third-order valence-electron chi connectivity index (χ3n) is 3.59. The number of non-ortho nitro benzene ring substituents is 1. The summed E-state index contributed by atoms with van der Waals surface area (Å²) in [5, 5.41) is 11.2. The van der Waals surface area contributed by atoms with Crippen LogP contribution in [0.25, 0.3) is 10.9 Å². The lowest BCUT2D eigenvalue weighted by molar-refractivity contribution is -0.384. The highest BCUT2D eigenvalue weighted by atomic mass is 16.6. The van der Waals surface area contributed by atoms with Gasteiger partial charge in [-0.2, -0.15) is 0 Å². The number of para-hydroxylation sites is 1. The molecule has 0 bridgehead atoms. The number of rotatable bonds is 5. The van der Waals surface area contributed by atoms with Gasteiger partial charge >= 0.3 is 5.97 Å². The second-order valence-corrected chi connectivity index (χ2v) is 5.20. The molecular weight excluding hydrogens is 326 g/mol. The number of hydrogen-bond acceptors (Lipinski definition) is 6. The smallest absolute Gasteiger partial charge is 0.338 e. The molecule has 1 heterocycles. The fourth-order valence-electron chi connectivity index (χ4n) is 2.33. The summed E-state index contributed by atoms with van der Waals surface area (Å²) >= 11 is 0. The van der Waals surface area contributed by atoms with Crippen LogP contribution in [0.5, 0.6) is 0 Å². The molecule has 0 aliphatic rings. The summed E-state index contributed by atoms with van der Waals surface area (Å²) in [6, 6.07) is 12.2. The highest BCUT2D eigenvalue weighted by molar-refractivity contribution is 5.90. The Bertz CT molecular complexity index is 1010. The van der Waals surface area contributed by atoms with E-state index in [2.05, 4.69) is 4.98 Å². The molecule has 0 atom stereocenters. The Morgan fingerprint density at radius 2 is 2.00 bits per heavy atom. The van der Waals surface area contributed by atoms with Crippen LogP contribution < -0.4 is 5.56 Å². The van der Waals surface area contributed by atoms with E-state index in [-0.39, 0.29) is 30.0 Å². The monoisotopic (exact) mass is 339 g/mol. The zero-order valence-corrected chi connectivity index (χ0v) is 13.0. The number of hydrogen-bond donors (Lipinski definition) is 0.